The van der Waals surface area contributed by atoms with Crippen molar-refractivity contribution >= 4 is 17.7 Å². The average Bonchev–Trinajstić information content (AvgIpc) is 3.04. The zero-order valence-electron chi connectivity index (χ0n) is 18.8. The van der Waals surface area contributed by atoms with Gasteiger partial charge in [-0.25, -0.2) is 4.79 Å². The molecule has 3 rings (SSSR count). The molecule has 0 aromatic carbocycles. The topological polar surface area (TPSA) is 98.1 Å². The van der Waals surface area contributed by atoms with E-state index >= 15 is 0 Å². The first-order valence-electron chi connectivity index (χ1n) is 10.6. The second kappa shape index (κ2) is 9.32. The monoisotopic (exact) mass is 425 g/mol. The van der Waals surface area contributed by atoms with Crippen LogP contribution in [0.3, 0.4) is 0 Å². The fraction of sp³-hybridized carbons (Fsp3) is 0.478. The fourth-order valence-electron chi connectivity index (χ4n) is 3.59. The van der Waals surface area contributed by atoms with Gasteiger partial charge in [-0.15, -0.1) is 0 Å². The van der Waals surface area contributed by atoms with Gasteiger partial charge in [0, 0.05) is 18.8 Å². The summed E-state index contributed by atoms with van der Waals surface area (Å²) in [6.45, 7) is 7.52. The number of fused-ring (bicyclic) bond motifs is 4. The Hall–Kier alpha value is -3.16. The van der Waals surface area contributed by atoms with Crippen LogP contribution in [-0.2, 0) is 16.6 Å². The van der Waals surface area contributed by atoms with Gasteiger partial charge in [-0.2, -0.15) is 5.10 Å². The Balaban J connectivity index is 2.03. The molecule has 2 N–H and O–H groups in total. The fourth-order valence-corrected chi connectivity index (χ4v) is 3.59. The molecule has 2 amide bonds. The van der Waals surface area contributed by atoms with Crippen molar-refractivity contribution in [3.05, 3.63) is 42.4 Å². The lowest BCUT2D eigenvalue weighted by molar-refractivity contribution is -0.118. The Morgan fingerprint density at radius 2 is 2.16 bits per heavy atom. The Morgan fingerprint density at radius 3 is 2.87 bits per heavy atom. The Labute approximate surface area is 183 Å². The van der Waals surface area contributed by atoms with E-state index in [2.05, 4.69) is 20.7 Å². The zero-order chi connectivity index (χ0) is 22.6. The molecule has 2 bridgehead atoms. The van der Waals surface area contributed by atoms with Crippen LogP contribution in [-0.4, -0.2) is 32.4 Å². The molecule has 1 aliphatic heterocycles. The van der Waals surface area contributed by atoms with Gasteiger partial charge in [0.25, 0.3) is 0 Å². The number of anilines is 1. The number of hydrogen-bond acceptors (Lipinski definition) is 5. The number of pyridine rings is 1. The molecule has 0 unspecified atom stereocenters. The van der Waals surface area contributed by atoms with Gasteiger partial charge in [0.15, 0.2) is 0 Å². The van der Waals surface area contributed by atoms with Crippen LogP contribution in [0, 0.1) is 5.92 Å². The number of nitrogens with one attached hydrogen (secondary N) is 2. The maximum Gasteiger partial charge on any atom is 0.408 e. The molecule has 166 valence electrons. The number of aromatic nitrogens is 3. The van der Waals surface area contributed by atoms with Crippen molar-refractivity contribution < 1.29 is 14.3 Å². The molecule has 2 atom stereocenters. The second-order valence-corrected chi connectivity index (χ2v) is 8.75. The molecule has 0 spiro atoms. The number of amides is 2. The number of alkyl carbamates (subject to hydrolysis) is 1. The summed E-state index contributed by atoms with van der Waals surface area (Å²) in [5.41, 5.74) is 2.39. The summed E-state index contributed by atoms with van der Waals surface area (Å²) in [4.78, 5) is 29.9. The molecule has 0 saturated carbocycles. The van der Waals surface area contributed by atoms with Crippen LogP contribution in [0.4, 0.5) is 10.5 Å². The van der Waals surface area contributed by atoms with Crippen molar-refractivity contribution in [2.24, 2.45) is 13.0 Å². The summed E-state index contributed by atoms with van der Waals surface area (Å²) in [5, 5.41) is 10.3. The number of carbonyl (C=O) groups excluding carboxylic acids is 2. The summed E-state index contributed by atoms with van der Waals surface area (Å²) in [6.07, 6.45) is 8.78. The normalized spacial score (nSPS) is 20.0. The third-order valence-corrected chi connectivity index (χ3v) is 4.98. The summed E-state index contributed by atoms with van der Waals surface area (Å²) < 4.78 is 7.17. The number of nitrogens with zero attached hydrogens (tertiary/aromatic N) is 3. The van der Waals surface area contributed by atoms with Crippen LogP contribution in [0.25, 0.3) is 11.3 Å². The summed E-state index contributed by atoms with van der Waals surface area (Å²) in [5.74, 6) is -0.343. The first-order chi connectivity index (χ1) is 14.7. The Bertz CT molecular complexity index is 974. The first-order valence-corrected chi connectivity index (χ1v) is 10.6. The van der Waals surface area contributed by atoms with E-state index < -0.39 is 17.7 Å². The Kier molecular flexibility index (Phi) is 6.77. The van der Waals surface area contributed by atoms with E-state index in [-0.39, 0.29) is 11.8 Å². The molecular formula is C23H31N5O3. The van der Waals surface area contributed by atoms with Gasteiger partial charge in [-0.1, -0.05) is 25.5 Å². The Morgan fingerprint density at radius 1 is 1.39 bits per heavy atom. The van der Waals surface area contributed by atoms with Crippen LogP contribution in [0.5, 0.6) is 0 Å². The van der Waals surface area contributed by atoms with E-state index in [0.717, 1.165) is 24.1 Å². The molecular weight excluding hydrogens is 394 g/mol. The quantitative estimate of drug-likeness (QED) is 0.712. The molecule has 8 nitrogen and oxygen atoms in total. The highest BCUT2D eigenvalue weighted by atomic mass is 16.6. The van der Waals surface area contributed by atoms with Crippen LogP contribution in [0.15, 0.2) is 36.7 Å². The van der Waals surface area contributed by atoms with Crippen LogP contribution >= 0.6 is 0 Å². The molecule has 31 heavy (non-hydrogen) atoms. The third-order valence-electron chi connectivity index (χ3n) is 4.98. The van der Waals surface area contributed by atoms with Crippen molar-refractivity contribution in [3.8, 4) is 11.3 Å². The molecule has 8 heteroatoms. The molecule has 1 aliphatic rings. The number of aryl methyl sites for hydroxylation is 1. The molecule has 0 radical (unpaired) electrons. The van der Waals surface area contributed by atoms with Crippen molar-refractivity contribution in [3.63, 3.8) is 0 Å². The van der Waals surface area contributed by atoms with Gasteiger partial charge in [-0.05, 0) is 45.7 Å². The number of hydrogen-bond donors (Lipinski definition) is 2. The average molecular weight is 426 g/mol. The summed E-state index contributed by atoms with van der Waals surface area (Å²) in [7, 11) is 1.83. The predicted molar refractivity (Wildman–Crippen MR) is 119 cm³/mol. The van der Waals surface area contributed by atoms with Gasteiger partial charge < -0.3 is 15.4 Å². The lowest BCUT2D eigenvalue weighted by Gasteiger charge is -2.23. The highest BCUT2D eigenvalue weighted by Crippen LogP contribution is 2.31. The van der Waals surface area contributed by atoms with E-state index in [1.807, 2.05) is 59.0 Å². The smallest absolute Gasteiger partial charge is 0.408 e. The van der Waals surface area contributed by atoms with Crippen molar-refractivity contribution in [1.29, 1.82) is 0 Å². The largest absolute Gasteiger partial charge is 0.444 e. The highest BCUT2D eigenvalue weighted by Gasteiger charge is 2.24. The van der Waals surface area contributed by atoms with Gasteiger partial charge in [0.05, 0.1) is 35.2 Å². The molecule has 2 aromatic rings. The maximum absolute atomic E-state index is 12.9. The maximum atomic E-state index is 12.9. The second-order valence-electron chi connectivity index (χ2n) is 8.75. The third kappa shape index (κ3) is 5.71. The van der Waals surface area contributed by atoms with Gasteiger partial charge in [0.2, 0.25) is 5.91 Å². The number of carbonyl (C=O) groups is 2. The molecule has 0 fully saturated rings. The summed E-state index contributed by atoms with van der Waals surface area (Å²) >= 11 is 0. The predicted octanol–water partition coefficient (Wildman–Crippen LogP) is 4.36. The van der Waals surface area contributed by atoms with E-state index in [1.165, 1.54) is 0 Å². The van der Waals surface area contributed by atoms with E-state index in [1.54, 1.807) is 17.1 Å². The molecule has 0 aliphatic carbocycles. The van der Waals surface area contributed by atoms with Crippen LogP contribution in [0.1, 0.15) is 58.7 Å². The molecule has 2 aromatic heterocycles. The number of rotatable bonds is 3. The van der Waals surface area contributed by atoms with Crippen LogP contribution in [0.2, 0.25) is 0 Å². The van der Waals surface area contributed by atoms with Gasteiger partial charge in [0.1, 0.15) is 5.60 Å². The number of ether oxygens (including phenoxy) is 1. The molecule has 3 heterocycles. The molecule has 0 saturated heterocycles. The van der Waals surface area contributed by atoms with Crippen LogP contribution < -0.4 is 10.6 Å². The summed E-state index contributed by atoms with van der Waals surface area (Å²) in [6, 6.07) is 3.38. The highest BCUT2D eigenvalue weighted by molar-refractivity contribution is 5.96. The van der Waals surface area contributed by atoms with Gasteiger partial charge >= 0.3 is 6.09 Å². The minimum atomic E-state index is -0.603. The zero-order valence-corrected chi connectivity index (χ0v) is 18.8. The first kappa shape index (κ1) is 22.5. The van der Waals surface area contributed by atoms with Crippen molar-refractivity contribution in [2.75, 3.05) is 5.32 Å². The van der Waals surface area contributed by atoms with Gasteiger partial charge in [-0.3, -0.25) is 14.5 Å². The lowest BCUT2D eigenvalue weighted by atomic mass is 9.98. The van der Waals surface area contributed by atoms with Crippen molar-refractivity contribution in [2.45, 2.75) is 58.6 Å². The lowest BCUT2D eigenvalue weighted by Crippen LogP contribution is -2.35. The minimum absolute atomic E-state index is 0.0705. The standard InChI is InChI=1S/C23H31N5O3/c1-6-8-15-9-7-10-17(27-22(30)31-23(2,3)4)18-13-16(11-12-24-18)20-19(26-21(15)29)14-25-28(20)5/h7,9,11-15,17H,6,8,10H2,1-5H3,(H,26,29)(H,27,30)/b9-7+/t15-,17+/m1/s1. The van der Waals surface area contributed by atoms with E-state index in [4.69, 9.17) is 4.74 Å². The minimum Gasteiger partial charge on any atom is -0.444 e. The van der Waals surface area contributed by atoms with E-state index in [9.17, 15) is 9.59 Å². The van der Waals surface area contributed by atoms with E-state index in [0.29, 0.717) is 17.8 Å². The van der Waals surface area contributed by atoms with Crippen molar-refractivity contribution in [1.82, 2.24) is 20.1 Å². The SMILES string of the molecule is CCC[C@@H]1/C=C/C[C@H](NC(=O)OC(C)(C)C)c2cc(ccn2)-c2c(cnn2C)NC1=O.